The van der Waals surface area contributed by atoms with E-state index in [-0.39, 0.29) is 5.91 Å². The van der Waals surface area contributed by atoms with Crippen molar-refractivity contribution in [1.29, 1.82) is 0 Å². The van der Waals surface area contributed by atoms with Crippen LogP contribution in [-0.2, 0) is 4.74 Å². The number of nitrogens with zero attached hydrogens (tertiary/aromatic N) is 1. The number of carbonyl (C=O) groups excluding carboxylic acids is 2. The number of hydrogen-bond acceptors (Lipinski definition) is 3. The van der Waals surface area contributed by atoms with Crippen LogP contribution in [-0.4, -0.2) is 30.7 Å². The summed E-state index contributed by atoms with van der Waals surface area (Å²) in [5.74, 6) is 0.323. The lowest BCUT2D eigenvalue weighted by atomic mass is 9.87. The van der Waals surface area contributed by atoms with Crippen molar-refractivity contribution in [1.82, 2.24) is 5.32 Å². The number of benzene rings is 2. The fourth-order valence-electron chi connectivity index (χ4n) is 3.55. The number of alkyl carbamates (subject to hydrolysis) is 1. The molecule has 1 heterocycles. The number of rotatable bonds is 4. The van der Waals surface area contributed by atoms with Crippen LogP contribution in [0.25, 0.3) is 0 Å². The normalized spacial score (nSPS) is 16.2. The summed E-state index contributed by atoms with van der Waals surface area (Å²) in [6.45, 7) is 6.76. The first kappa shape index (κ1) is 19.9. The van der Waals surface area contributed by atoms with Crippen molar-refractivity contribution in [3.8, 4) is 0 Å². The van der Waals surface area contributed by atoms with E-state index in [1.54, 1.807) is 0 Å². The van der Waals surface area contributed by atoms with Crippen LogP contribution in [0.5, 0.6) is 0 Å². The highest BCUT2D eigenvalue weighted by molar-refractivity contribution is 6.06. The number of anilines is 1. The highest BCUT2D eigenvalue weighted by Crippen LogP contribution is 2.37. The number of para-hydroxylation sites is 1. The molecular weight excluding hydrogens is 352 g/mol. The summed E-state index contributed by atoms with van der Waals surface area (Å²) >= 11 is 0. The molecule has 3 rings (SSSR count). The predicted molar refractivity (Wildman–Crippen MR) is 111 cm³/mol. The number of hydrogen-bond donors (Lipinski definition) is 1. The van der Waals surface area contributed by atoms with Gasteiger partial charge in [0.1, 0.15) is 5.60 Å². The van der Waals surface area contributed by atoms with Crippen molar-refractivity contribution in [3.05, 3.63) is 65.7 Å². The van der Waals surface area contributed by atoms with E-state index < -0.39 is 11.7 Å². The average molecular weight is 380 g/mol. The van der Waals surface area contributed by atoms with Crippen LogP contribution < -0.4 is 10.2 Å². The van der Waals surface area contributed by atoms with E-state index in [1.807, 2.05) is 74.2 Å². The molecule has 0 saturated carbocycles. The second-order valence-electron chi connectivity index (χ2n) is 8.08. The first-order valence-electron chi connectivity index (χ1n) is 9.78. The van der Waals surface area contributed by atoms with E-state index in [1.165, 1.54) is 0 Å². The van der Waals surface area contributed by atoms with E-state index in [0.717, 1.165) is 24.1 Å². The smallest absolute Gasteiger partial charge is 0.407 e. The Morgan fingerprint density at radius 1 is 1.07 bits per heavy atom. The number of amides is 2. The van der Waals surface area contributed by atoms with E-state index >= 15 is 0 Å². The van der Waals surface area contributed by atoms with Crippen LogP contribution in [0, 0.1) is 0 Å². The van der Waals surface area contributed by atoms with E-state index in [2.05, 4.69) is 11.4 Å². The lowest BCUT2D eigenvalue weighted by Crippen LogP contribution is -2.38. The molecule has 2 aromatic carbocycles. The Morgan fingerprint density at radius 2 is 1.75 bits per heavy atom. The number of carbonyl (C=O) groups is 2. The molecule has 5 heteroatoms. The number of ether oxygens (including phenoxy) is 1. The largest absolute Gasteiger partial charge is 0.444 e. The van der Waals surface area contributed by atoms with E-state index in [0.29, 0.717) is 24.6 Å². The van der Waals surface area contributed by atoms with Gasteiger partial charge in [0, 0.05) is 24.3 Å². The van der Waals surface area contributed by atoms with Crippen molar-refractivity contribution in [2.75, 3.05) is 18.0 Å². The zero-order chi connectivity index (χ0) is 20.1. The minimum absolute atomic E-state index is 0.0263. The molecule has 0 saturated heterocycles. The average Bonchev–Trinajstić information content (AvgIpc) is 2.67. The third-order valence-corrected chi connectivity index (χ3v) is 4.80. The molecule has 0 spiro atoms. The quantitative estimate of drug-likeness (QED) is 0.834. The van der Waals surface area contributed by atoms with Gasteiger partial charge in [-0.05, 0) is 63.3 Å². The lowest BCUT2D eigenvalue weighted by molar-refractivity contribution is 0.0526. The minimum atomic E-state index is -0.500. The Kier molecular flexibility index (Phi) is 6.02. The summed E-state index contributed by atoms with van der Waals surface area (Å²) in [5.41, 5.74) is 2.32. The molecule has 5 nitrogen and oxygen atoms in total. The van der Waals surface area contributed by atoms with Gasteiger partial charge in [-0.25, -0.2) is 4.79 Å². The molecule has 0 aromatic heterocycles. The fraction of sp³-hybridized carbons (Fsp3) is 0.391. The zero-order valence-corrected chi connectivity index (χ0v) is 16.8. The summed E-state index contributed by atoms with van der Waals surface area (Å²) < 4.78 is 5.29. The molecule has 1 aliphatic heterocycles. The van der Waals surface area contributed by atoms with Gasteiger partial charge in [-0.2, -0.15) is 0 Å². The van der Waals surface area contributed by atoms with Crippen LogP contribution in [0.3, 0.4) is 0 Å². The van der Waals surface area contributed by atoms with Gasteiger partial charge in [0.05, 0.1) is 0 Å². The summed E-state index contributed by atoms with van der Waals surface area (Å²) in [7, 11) is 0. The molecule has 148 valence electrons. The van der Waals surface area contributed by atoms with Crippen LogP contribution in [0.1, 0.15) is 55.5 Å². The minimum Gasteiger partial charge on any atom is -0.444 e. The van der Waals surface area contributed by atoms with Gasteiger partial charge in [0.2, 0.25) is 0 Å². The molecule has 0 radical (unpaired) electrons. The van der Waals surface area contributed by atoms with Crippen molar-refractivity contribution in [2.45, 2.75) is 45.1 Å². The van der Waals surface area contributed by atoms with Crippen LogP contribution in [0.2, 0.25) is 0 Å². The Morgan fingerprint density at radius 3 is 2.46 bits per heavy atom. The van der Waals surface area contributed by atoms with Gasteiger partial charge >= 0.3 is 6.09 Å². The summed E-state index contributed by atoms with van der Waals surface area (Å²) in [5, 5.41) is 2.84. The monoisotopic (exact) mass is 380 g/mol. The third-order valence-electron chi connectivity index (χ3n) is 4.80. The SMILES string of the molecule is CC(C)(C)OC(=O)NCCC1CCN(C(=O)c2ccccc2)c2ccccc21. The highest BCUT2D eigenvalue weighted by atomic mass is 16.6. The van der Waals surface area contributed by atoms with Gasteiger partial charge in [-0.15, -0.1) is 0 Å². The van der Waals surface area contributed by atoms with Crippen molar-refractivity contribution in [2.24, 2.45) is 0 Å². The molecule has 1 N–H and O–H groups in total. The van der Waals surface area contributed by atoms with Crippen molar-refractivity contribution >= 4 is 17.7 Å². The summed E-state index contributed by atoms with van der Waals surface area (Å²) in [6.07, 6.45) is 1.28. The van der Waals surface area contributed by atoms with Crippen molar-refractivity contribution in [3.63, 3.8) is 0 Å². The Hall–Kier alpha value is -2.82. The molecule has 2 aromatic rings. The first-order valence-corrected chi connectivity index (χ1v) is 9.78. The maximum Gasteiger partial charge on any atom is 0.407 e. The molecule has 0 bridgehead atoms. The van der Waals surface area contributed by atoms with E-state index in [4.69, 9.17) is 4.74 Å². The molecule has 0 fully saturated rings. The molecule has 1 unspecified atom stereocenters. The van der Waals surface area contributed by atoms with Crippen LogP contribution in [0.15, 0.2) is 54.6 Å². The highest BCUT2D eigenvalue weighted by Gasteiger charge is 2.29. The summed E-state index contributed by atoms with van der Waals surface area (Å²) in [4.78, 5) is 26.7. The Labute approximate surface area is 166 Å². The molecular formula is C23H28N2O3. The molecule has 0 aliphatic carbocycles. The lowest BCUT2D eigenvalue weighted by Gasteiger charge is -2.34. The fourth-order valence-corrected chi connectivity index (χ4v) is 3.55. The second-order valence-corrected chi connectivity index (χ2v) is 8.08. The molecule has 1 aliphatic rings. The predicted octanol–water partition coefficient (Wildman–Crippen LogP) is 4.74. The standard InChI is InChI=1S/C23H28N2O3/c1-23(2,3)28-22(27)24-15-13-17-14-16-25(20-12-8-7-11-19(17)20)21(26)18-9-5-4-6-10-18/h4-12,17H,13-16H2,1-3H3,(H,24,27). The molecule has 28 heavy (non-hydrogen) atoms. The molecule has 2 amide bonds. The zero-order valence-electron chi connectivity index (χ0n) is 16.8. The maximum atomic E-state index is 13.0. The summed E-state index contributed by atoms with van der Waals surface area (Å²) in [6, 6.07) is 17.4. The van der Waals surface area contributed by atoms with Gasteiger partial charge in [0.15, 0.2) is 0 Å². The second kappa shape index (κ2) is 8.46. The van der Waals surface area contributed by atoms with Crippen LogP contribution in [0.4, 0.5) is 10.5 Å². The number of fused-ring (bicyclic) bond motifs is 1. The van der Waals surface area contributed by atoms with E-state index in [9.17, 15) is 9.59 Å². The maximum absolute atomic E-state index is 13.0. The first-order chi connectivity index (χ1) is 13.3. The Bertz CT molecular complexity index is 827. The topological polar surface area (TPSA) is 58.6 Å². The Balaban J connectivity index is 1.67. The van der Waals surface area contributed by atoms with Crippen LogP contribution >= 0.6 is 0 Å². The van der Waals surface area contributed by atoms with Gasteiger partial charge in [-0.1, -0.05) is 36.4 Å². The van der Waals surface area contributed by atoms with Gasteiger partial charge in [-0.3, -0.25) is 4.79 Å². The molecule has 1 atom stereocenters. The van der Waals surface area contributed by atoms with Gasteiger partial charge < -0.3 is 15.0 Å². The van der Waals surface area contributed by atoms with Crippen molar-refractivity contribution < 1.29 is 14.3 Å². The van der Waals surface area contributed by atoms with Gasteiger partial charge in [0.25, 0.3) is 5.91 Å². The third kappa shape index (κ3) is 4.91. The number of nitrogens with one attached hydrogen (secondary N) is 1.